The summed E-state index contributed by atoms with van der Waals surface area (Å²) < 4.78 is 28.3. The molecule has 0 unspecified atom stereocenters. The number of aryl methyl sites for hydroxylation is 1. The molecular weight excluding hydrogens is 818 g/mol. The Morgan fingerprint density at radius 2 is 1.75 bits per heavy atom. The Hall–Kier alpha value is -6.01. The Morgan fingerprint density at radius 1 is 1.02 bits per heavy atom. The summed E-state index contributed by atoms with van der Waals surface area (Å²) in [5.41, 5.74) is 8.17. The summed E-state index contributed by atoms with van der Waals surface area (Å²) in [6, 6.07) is 2.71. The number of unbranched alkanes of at least 4 members (excludes halogenated alkanes) is 2. The fourth-order valence-corrected chi connectivity index (χ4v) is 9.45. The van der Waals surface area contributed by atoms with Gasteiger partial charge >= 0.3 is 18.0 Å². The highest BCUT2D eigenvalue weighted by molar-refractivity contribution is 6.12. The Labute approximate surface area is 362 Å². The minimum Gasteiger partial charge on any atom is -0.457 e. The van der Waals surface area contributed by atoms with Gasteiger partial charge in [0.1, 0.15) is 12.4 Å². The number of cyclic esters (lactones) is 1. The molecule has 5 aliphatic rings. The van der Waals surface area contributed by atoms with Gasteiger partial charge in [-0.25, -0.2) is 19.0 Å². The third kappa shape index (κ3) is 8.10. The van der Waals surface area contributed by atoms with E-state index in [2.05, 4.69) is 5.32 Å². The number of nitrogens with zero attached hydrogens (tertiary/aromatic N) is 5. The maximum absolute atomic E-state index is 15.1. The highest BCUT2D eigenvalue weighted by Crippen LogP contribution is 2.46. The first kappa shape index (κ1) is 43.6. The molecule has 1 aliphatic carbocycles. The van der Waals surface area contributed by atoms with Gasteiger partial charge in [0.2, 0.25) is 11.5 Å². The number of rotatable bonds is 13. The first-order valence-electron chi connectivity index (χ1n) is 21.6. The molecule has 8 rings (SSSR count). The van der Waals surface area contributed by atoms with Crippen molar-refractivity contribution >= 4 is 46.7 Å². The third-order valence-electron chi connectivity index (χ3n) is 13.0. The summed E-state index contributed by atoms with van der Waals surface area (Å²) in [4.78, 5) is 104. The van der Waals surface area contributed by atoms with Gasteiger partial charge in [-0.15, -0.1) is 5.06 Å². The zero-order valence-corrected chi connectivity index (χ0v) is 36.0. The number of piperazine rings is 1. The molecule has 4 amide bonds. The second kappa shape index (κ2) is 16.9. The van der Waals surface area contributed by atoms with E-state index in [0.29, 0.717) is 93.7 Å². The summed E-state index contributed by atoms with van der Waals surface area (Å²) in [6.07, 6.45) is 4.97. The van der Waals surface area contributed by atoms with Crippen molar-refractivity contribution in [3.8, 4) is 11.4 Å². The lowest BCUT2D eigenvalue weighted by atomic mass is 9.82. The smallest absolute Gasteiger partial charge is 0.426 e. The fraction of sp³-hybridized carbons (Fsp3) is 0.511. The number of hydrogen-bond donors (Lipinski definition) is 2. The molecule has 18 heteroatoms. The number of pyridine rings is 2. The predicted octanol–water partition coefficient (Wildman–Crippen LogP) is 3.71. The molecule has 3 aromatic rings. The SMILES string of the molecule is CC[C@@]1(OC(=O)CC(C)(C)CNC(=O)ON2CCN(C(=O)CCCCCN3C(=O)C=CC3=O)CC2)C(=O)OCc2c1cc1n(c2=O)Cc2c-1nc1cc(F)c(C)c3c1c2[C@@H](N)CC3. The van der Waals surface area contributed by atoms with Gasteiger partial charge in [-0.1, -0.05) is 27.2 Å². The van der Waals surface area contributed by atoms with Gasteiger partial charge in [0.15, 0.2) is 0 Å². The van der Waals surface area contributed by atoms with Crippen LogP contribution in [-0.2, 0) is 63.5 Å². The number of halogens is 1. The van der Waals surface area contributed by atoms with E-state index in [1.807, 2.05) is 0 Å². The second-order valence-electron chi connectivity index (χ2n) is 17.8. The van der Waals surface area contributed by atoms with Crippen LogP contribution in [-0.4, -0.2) is 99.4 Å². The summed E-state index contributed by atoms with van der Waals surface area (Å²) >= 11 is 0. The Kier molecular flexibility index (Phi) is 11.7. The molecule has 1 fully saturated rings. The Balaban J connectivity index is 0.872. The minimum atomic E-state index is -1.94. The molecule has 2 atom stereocenters. The fourth-order valence-electron chi connectivity index (χ4n) is 9.45. The van der Waals surface area contributed by atoms with Crippen LogP contribution in [0.3, 0.4) is 0 Å². The van der Waals surface area contributed by atoms with E-state index in [1.165, 1.54) is 28.2 Å². The number of hydroxylamine groups is 2. The van der Waals surface area contributed by atoms with Gasteiger partial charge in [-0.3, -0.25) is 28.9 Å². The Bertz CT molecular complexity index is 2530. The third-order valence-corrected chi connectivity index (χ3v) is 13.0. The zero-order chi connectivity index (χ0) is 45.0. The zero-order valence-electron chi connectivity index (χ0n) is 36.0. The lowest BCUT2D eigenvalue weighted by molar-refractivity contribution is -0.190. The summed E-state index contributed by atoms with van der Waals surface area (Å²) in [6.45, 7) is 8.42. The Morgan fingerprint density at radius 3 is 2.46 bits per heavy atom. The van der Waals surface area contributed by atoms with Crippen LogP contribution < -0.4 is 16.6 Å². The molecule has 0 radical (unpaired) electrons. The standard InChI is InChI=1S/C45H52FN7O10/c1-5-45(29-19-33-40-27(22-53(33)41(58)28(29)23-61-42(45)59)38-31(47)11-10-26-25(2)30(46)20-32(49-40)39(26)38)62-37(57)21-44(3,4)24-48-43(60)63-51-17-15-50(16-18-51)34(54)9-7-6-8-14-52-35(55)12-13-36(52)56/h12-13,19-20,31H,5-11,14-18,21-24,47H2,1-4H3,(H,48,60)/t31-,45-/m0/s1. The van der Waals surface area contributed by atoms with Crippen LogP contribution in [0.25, 0.3) is 22.3 Å². The van der Waals surface area contributed by atoms with Crippen LogP contribution in [0.15, 0.2) is 29.1 Å². The van der Waals surface area contributed by atoms with E-state index in [4.69, 9.17) is 25.0 Å². The molecule has 63 heavy (non-hydrogen) atoms. The van der Waals surface area contributed by atoms with Crippen molar-refractivity contribution < 1.29 is 47.5 Å². The highest BCUT2D eigenvalue weighted by Gasteiger charge is 2.51. The summed E-state index contributed by atoms with van der Waals surface area (Å²) in [7, 11) is 0. The molecule has 0 spiro atoms. The van der Waals surface area contributed by atoms with Gasteiger partial charge in [0, 0.05) is 73.4 Å². The molecule has 1 aromatic carbocycles. The summed E-state index contributed by atoms with van der Waals surface area (Å²) in [5.74, 6) is -2.60. The van der Waals surface area contributed by atoms with E-state index in [0.717, 1.165) is 22.1 Å². The van der Waals surface area contributed by atoms with Crippen LogP contribution in [0.2, 0.25) is 0 Å². The second-order valence-corrected chi connectivity index (χ2v) is 17.8. The number of hydrogen-bond acceptors (Lipinski definition) is 13. The lowest BCUT2D eigenvalue weighted by Crippen LogP contribution is -2.50. The van der Waals surface area contributed by atoms with Crippen LogP contribution >= 0.6 is 0 Å². The molecule has 0 saturated carbocycles. The van der Waals surface area contributed by atoms with Crippen LogP contribution in [0, 0.1) is 18.2 Å². The van der Waals surface area contributed by atoms with E-state index in [1.54, 1.807) is 43.2 Å². The topological polar surface area (TPSA) is 213 Å². The largest absolute Gasteiger partial charge is 0.457 e. The van der Waals surface area contributed by atoms with E-state index in [9.17, 15) is 33.6 Å². The maximum atomic E-state index is 15.1. The number of imide groups is 1. The average molecular weight is 870 g/mol. The number of nitrogens with two attached hydrogens (primary N) is 1. The molecule has 334 valence electrons. The number of esters is 2. The van der Waals surface area contributed by atoms with Gasteiger partial charge in [0.05, 0.1) is 48.5 Å². The lowest BCUT2D eigenvalue weighted by Gasteiger charge is -2.36. The minimum absolute atomic E-state index is 0.00764. The number of carbonyl (C=O) groups is 6. The van der Waals surface area contributed by atoms with E-state index in [-0.39, 0.29) is 73.2 Å². The predicted molar refractivity (Wildman–Crippen MR) is 224 cm³/mol. The van der Waals surface area contributed by atoms with E-state index < -0.39 is 34.6 Å². The van der Waals surface area contributed by atoms with Crippen LogP contribution in [0.5, 0.6) is 0 Å². The number of nitrogens with one attached hydrogen (secondary N) is 1. The number of aromatic nitrogens is 2. The molecule has 6 heterocycles. The molecule has 0 bridgehead atoms. The number of amides is 4. The van der Waals surface area contributed by atoms with Crippen molar-refractivity contribution in [3.63, 3.8) is 0 Å². The molecule has 3 N–H and O–H groups in total. The van der Waals surface area contributed by atoms with Gasteiger partial charge in [-0.05, 0) is 67.2 Å². The average Bonchev–Trinajstić information content (AvgIpc) is 3.78. The molecular formula is C45H52FN7O10. The summed E-state index contributed by atoms with van der Waals surface area (Å²) in [5, 5.41) is 4.98. The quantitative estimate of drug-likeness (QED) is 0.112. The number of fused-ring (bicyclic) bond motifs is 5. The van der Waals surface area contributed by atoms with Crippen molar-refractivity contribution in [2.75, 3.05) is 39.3 Å². The molecule has 2 aromatic heterocycles. The highest BCUT2D eigenvalue weighted by atomic mass is 19.1. The monoisotopic (exact) mass is 869 g/mol. The number of carbonyl (C=O) groups excluding carboxylic acids is 6. The first-order valence-corrected chi connectivity index (χ1v) is 21.6. The van der Waals surface area contributed by atoms with E-state index >= 15 is 4.39 Å². The normalized spacial score (nSPS) is 20.4. The van der Waals surface area contributed by atoms with Crippen molar-refractivity contribution in [1.82, 2.24) is 29.7 Å². The van der Waals surface area contributed by atoms with Gasteiger partial charge < -0.3 is 34.8 Å². The van der Waals surface area contributed by atoms with Crippen molar-refractivity contribution in [2.24, 2.45) is 11.1 Å². The van der Waals surface area contributed by atoms with Crippen LogP contribution in [0.1, 0.15) is 105 Å². The van der Waals surface area contributed by atoms with Crippen molar-refractivity contribution in [1.29, 1.82) is 0 Å². The van der Waals surface area contributed by atoms with Gasteiger partial charge in [0.25, 0.3) is 17.4 Å². The maximum Gasteiger partial charge on any atom is 0.426 e. The molecule has 17 nitrogen and oxygen atoms in total. The van der Waals surface area contributed by atoms with Crippen molar-refractivity contribution in [2.45, 2.75) is 104 Å². The molecule has 1 saturated heterocycles. The number of ether oxygens (including phenoxy) is 2. The molecule has 4 aliphatic heterocycles. The number of benzene rings is 1. The van der Waals surface area contributed by atoms with Crippen molar-refractivity contribution in [3.05, 3.63) is 73.8 Å². The first-order chi connectivity index (χ1) is 30.0. The van der Waals surface area contributed by atoms with Gasteiger partial charge in [-0.2, -0.15) is 0 Å². The van der Waals surface area contributed by atoms with Crippen LogP contribution in [0.4, 0.5) is 9.18 Å².